The zero-order valence-corrected chi connectivity index (χ0v) is 14.3. The van der Waals surface area contributed by atoms with Crippen molar-refractivity contribution in [2.75, 3.05) is 13.7 Å². The van der Waals surface area contributed by atoms with Crippen molar-refractivity contribution in [1.29, 1.82) is 0 Å². The lowest BCUT2D eigenvalue weighted by atomic mass is 10.4. The number of rotatable bonds is 5. The van der Waals surface area contributed by atoms with Crippen LogP contribution in [0.4, 0.5) is 4.79 Å². The quantitative estimate of drug-likeness (QED) is 0.831. The molecule has 2 rings (SSSR count). The first-order chi connectivity index (χ1) is 10.6. The van der Waals surface area contributed by atoms with Crippen LogP contribution < -0.4 is 10.2 Å². The normalized spacial score (nSPS) is 11.9. The van der Waals surface area contributed by atoms with E-state index in [4.69, 9.17) is 16.3 Å². The average molecular weight is 344 g/mol. The first-order valence-electron chi connectivity index (χ1n) is 7.06. The second-order valence-corrected chi connectivity index (χ2v) is 6.23. The maximum Gasteiger partial charge on any atom is 0.435 e. The van der Waals surface area contributed by atoms with E-state index in [0.29, 0.717) is 33.8 Å². The topological polar surface area (TPSA) is 65.7 Å². The fourth-order valence-corrected chi connectivity index (χ4v) is 3.03. The van der Waals surface area contributed by atoms with Gasteiger partial charge in [0, 0.05) is 6.54 Å². The number of aromatic nitrogens is 2. The zero-order chi connectivity index (χ0) is 16.1. The van der Waals surface area contributed by atoms with Gasteiger partial charge < -0.3 is 9.47 Å². The number of nitrogens with zero attached hydrogens (tertiary/aromatic N) is 3. The molecular formula is C14H18ClN3O3S. The molecule has 2 aromatic heterocycles. The van der Waals surface area contributed by atoms with Gasteiger partial charge in [0.25, 0.3) is 6.01 Å². The Morgan fingerprint density at radius 2 is 2.23 bits per heavy atom. The highest BCUT2D eigenvalue weighted by atomic mass is 35.5. The van der Waals surface area contributed by atoms with Crippen molar-refractivity contribution >= 4 is 39.2 Å². The van der Waals surface area contributed by atoms with Gasteiger partial charge in [0.05, 0.1) is 23.4 Å². The van der Waals surface area contributed by atoms with Crippen LogP contribution in [-0.4, -0.2) is 29.4 Å². The van der Waals surface area contributed by atoms with Gasteiger partial charge in [-0.05, 0) is 18.9 Å². The van der Waals surface area contributed by atoms with Gasteiger partial charge in [-0.1, -0.05) is 25.4 Å². The molecule has 1 amide bonds. The van der Waals surface area contributed by atoms with Crippen molar-refractivity contribution < 1.29 is 14.3 Å². The molecule has 120 valence electrons. The largest absolute Gasteiger partial charge is 0.465 e. The summed E-state index contributed by atoms with van der Waals surface area (Å²) in [6, 6.07) is 2.20. The smallest absolute Gasteiger partial charge is 0.435 e. The van der Waals surface area contributed by atoms with Gasteiger partial charge >= 0.3 is 6.09 Å². The molecule has 0 bridgehead atoms. The van der Waals surface area contributed by atoms with Crippen LogP contribution in [0.15, 0.2) is 11.1 Å². The van der Waals surface area contributed by atoms with Crippen LogP contribution >= 0.6 is 22.9 Å². The van der Waals surface area contributed by atoms with Crippen molar-refractivity contribution in [2.45, 2.75) is 33.2 Å². The number of fused-ring (bicyclic) bond motifs is 1. The highest BCUT2D eigenvalue weighted by Crippen LogP contribution is 2.27. The molecule has 22 heavy (non-hydrogen) atoms. The van der Waals surface area contributed by atoms with Gasteiger partial charge in [-0.2, -0.15) is 9.98 Å². The highest BCUT2D eigenvalue weighted by Gasteiger charge is 2.14. The van der Waals surface area contributed by atoms with E-state index in [1.54, 1.807) is 10.6 Å². The summed E-state index contributed by atoms with van der Waals surface area (Å²) in [5, 5.41) is 0.720. The van der Waals surface area contributed by atoms with E-state index in [9.17, 15) is 4.79 Å². The van der Waals surface area contributed by atoms with Crippen molar-refractivity contribution in [2.24, 2.45) is 4.99 Å². The molecule has 0 saturated heterocycles. The van der Waals surface area contributed by atoms with E-state index in [1.807, 2.05) is 13.8 Å². The molecule has 2 aromatic rings. The lowest BCUT2D eigenvalue weighted by molar-refractivity contribution is 0.181. The van der Waals surface area contributed by atoms with Crippen LogP contribution in [-0.2, 0) is 11.3 Å². The van der Waals surface area contributed by atoms with Gasteiger partial charge in [-0.3, -0.25) is 4.57 Å². The van der Waals surface area contributed by atoms with Gasteiger partial charge in [0.15, 0.2) is 5.49 Å². The Hall–Kier alpha value is -1.60. The van der Waals surface area contributed by atoms with Crippen LogP contribution in [0.3, 0.4) is 0 Å². The standard InChI is InChI=1S/C14H18ClN3O3S/c1-4-6-18-11(16-14(19)20-3)9-8-10(15)22-12(9)17-13(18)21-7-5-2/h8H,4-7H2,1-3H3/b16-11-. The molecule has 0 atom stereocenters. The van der Waals surface area contributed by atoms with Crippen LogP contribution in [0.1, 0.15) is 26.7 Å². The Labute approximate surface area is 137 Å². The average Bonchev–Trinajstić information content (AvgIpc) is 2.87. The predicted octanol–water partition coefficient (Wildman–Crippen LogP) is 3.62. The second kappa shape index (κ2) is 7.60. The number of amides is 1. The summed E-state index contributed by atoms with van der Waals surface area (Å²) in [4.78, 5) is 20.9. The van der Waals surface area contributed by atoms with E-state index < -0.39 is 6.09 Å². The molecule has 0 N–H and O–H groups in total. The molecule has 0 radical (unpaired) electrons. The number of hydrogen-bond donors (Lipinski definition) is 0. The third-order valence-corrected chi connectivity index (χ3v) is 4.02. The minimum absolute atomic E-state index is 0.442. The fourth-order valence-electron chi connectivity index (χ4n) is 1.96. The monoisotopic (exact) mass is 343 g/mol. The molecule has 0 saturated carbocycles. The van der Waals surface area contributed by atoms with E-state index in [-0.39, 0.29) is 0 Å². The summed E-state index contributed by atoms with van der Waals surface area (Å²) < 4.78 is 12.7. The maximum atomic E-state index is 11.6. The van der Waals surface area contributed by atoms with Crippen molar-refractivity contribution in [1.82, 2.24) is 9.55 Å². The molecule has 8 heteroatoms. The first kappa shape index (κ1) is 16.8. The van der Waals surface area contributed by atoms with Gasteiger partial charge in [0.1, 0.15) is 4.83 Å². The summed E-state index contributed by atoms with van der Waals surface area (Å²) >= 11 is 7.41. The summed E-state index contributed by atoms with van der Waals surface area (Å²) in [5.74, 6) is 0. The lowest BCUT2D eigenvalue weighted by Gasteiger charge is -2.13. The Kier molecular flexibility index (Phi) is 5.79. The Bertz CT molecular complexity index is 739. The molecule has 2 heterocycles. The summed E-state index contributed by atoms with van der Waals surface area (Å²) in [5.41, 5.74) is 0.466. The number of thiophene rings is 1. The van der Waals surface area contributed by atoms with Crippen LogP contribution in [0.2, 0.25) is 4.34 Å². The predicted molar refractivity (Wildman–Crippen MR) is 86.7 cm³/mol. The van der Waals surface area contributed by atoms with Crippen molar-refractivity contribution in [3.05, 3.63) is 15.9 Å². The zero-order valence-electron chi connectivity index (χ0n) is 12.8. The summed E-state index contributed by atoms with van der Waals surface area (Å²) in [7, 11) is 1.30. The molecule has 0 aliphatic carbocycles. The molecule has 6 nitrogen and oxygen atoms in total. The molecule has 0 aliphatic rings. The second-order valence-electron chi connectivity index (χ2n) is 4.57. The number of ether oxygens (including phenoxy) is 2. The Morgan fingerprint density at radius 1 is 1.45 bits per heavy atom. The van der Waals surface area contributed by atoms with Gasteiger partial charge in [-0.25, -0.2) is 4.79 Å². The van der Waals surface area contributed by atoms with E-state index in [2.05, 4.69) is 14.7 Å². The number of methoxy groups -OCH3 is 1. The van der Waals surface area contributed by atoms with Crippen LogP contribution in [0.25, 0.3) is 10.2 Å². The van der Waals surface area contributed by atoms with E-state index in [1.165, 1.54) is 18.4 Å². The maximum absolute atomic E-state index is 11.6. The Morgan fingerprint density at radius 3 is 2.86 bits per heavy atom. The Balaban J connectivity index is 2.75. The van der Waals surface area contributed by atoms with Gasteiger partial charge in [-0.15, -0.1) is 11.3 Å². The van der Waals surface area contributed by atoms with Gasteiger partial charge in [0.2, 0.25) is 0 Å². The minimum atomic E-state index is -0.666. The number of halogens is 1. The molecule has 0 unspecified atom stereocenters. The number of hydrogen-bond acceptors (Lipinski definition) is 5. The summed E-state index contributed by atoms with van der Waals surface area (Å²) in [6.45, 7) is 5.22. The number of carbonyl (C=O) groups is 1. The van der Waals surface area contributed by atoms with Crippen molar-refractivity contribution in [3.63, 3.8) is 0 Å². The molecular weight excluding hydrogens is 326 g/mol. The molecule has 0 aromatic carbocycles. The lowest BCUT2D eigenvalue weighted by Crippen LogP contribution is -2.26. The fraction of sp³-hybridized carbons (Fsp3) is 0.500. The highest BCUT2D eigenvalue weighted by molar-refractivity contribution is 7.22. The third-order valence-electron chi connectivity index (χ3n) is 2.86. The number of carbonyl (C=O) groups excluding carboxylic acids is 1. The first-order valence-corrected chi connectivity index (χ1v) is 8.25. The van der Waals surface area contributed by atoms with Crippen LogP contribution in [0, 0.1) is 0 Å². The molecule has 0 aliphatic heterocycles. The van der Waals surface area contributed by atoms with Crippen LogP contribution in [0.5, 0.6) is 6.01 Å². The molecule has 0 spiro atoms. The SMILES string of the molecule is CCCOc1nc2sc(Cl)cc2/c(=N/C(=O)OC)n1CCC. The van der Waals surface area contributed by atoms with Crippen molar-refractivity contribution in [3.8, 4) is 6.01 Å². The van der Waals surface area contributed by atoms with E-state index in [0.717, 1.165) is 18.2 Å². The minimum Gasteiger partial charge on any atom is -0.465 e. The van der Waals surface area contributed by atoms with E-state index >= 15 is 0 Å². The summed E-state index contributed by atoms with van der Waals surface area (Å²) in [6.07, 6.45) is 1.05. The third kappa shape index (κ3) is 3.59. The molecule has 0 fully saturated rings.